The molecular weight excluding hydrogens is 322 g/mol. The van der Waals surface area contributed by atoms with Gasteiger partial charge in [-0.05, 0) is 43.2 Å². The van der Waals surface area contributed by atoms with Crippen LogP contribution in [-0.4, -0.2) is 41.6 Å². The first-order valence-corrected chi connectivity index (χ1v) is 8.29. The molecule has 1 aromatic carbocycles. The number of hydrogen-bond donors (Lipinski definition) is 3. The summed E-state index contributed by atoms with van der Waals surface area (Å²) in [4.78, 5) is 26.2. The van der Waals surface area contributed by atoms with Crippen molar-refractivity contribution in [2.24, 2.45) is 0 Å². The number of urea groups is 1. The second-order valence-electron chi connectivity index (χ2n) is 5.95. The molecule has 0 radical (unpaired) electrons. The molecule has 1 saturated heterocycles. The monoisotopic (exact) mass is 343 g/mol. The molecule has 2 aromatic rings. The maximum atomic E-state index is 12.4. The number of rotatable bonds is 5. The van der Waals surface area contributed by atoms with Crippen molar-refractivity contribution >= 4 is 17.6 Å². The molecule has 3 amide bonds. The van der Waals surface area contributed by atoms with E-state index in [4.69, 9.17) is 4.42 Å². The van der Waals surface area contributed by atoms with Gasteiger partial charge in [0.15, 0.2) is 0 Å². The number of furan rings is 1. The lowest BCUT2D eigenvalue weighted by molar-refractivity contribution is 0.0793. The molecule has 0 aliphatic carbocycles. The van der Waals surface area contributed by atoms with Crippen molar-refractivity contribution in [3.63, 3.8) is 0 Å². The predicted molar refractivity (Wildman–Crippen MR) is 92.3 cm³/mol. The van der Waals surface area contributed by atoms with E-state index in [1.54, 1.807) is 36.4 Å². The Morgan fingerprint density at radius 3 is 2.72 bits per heavy atom. The zero-order valence-corrected chi connectivity index (χ0v) is 13.8. The van der Waals surface area contributed by atoms with Crippen LogP contribution in [0, 0.1) is 0 Å². The zero-order chi connectivity index (χ0) is 17.6. The third-order valence-electron chi connectivity index (χ3n) is 4.09. The molecule has 1 unspecified atom stereocenters. The van der Waals surface area contributed by atoms with E-state index in [1.807, 2.05) is 4.90 Å². The first kappa shape index (κ1) is 17.0. The third kappa shape index (κ3) is 4.39. The number of likely N-dealkylation sites (tertiary alicyclic amines) is 1. The largest absolute Gasteiger partial charge is 0.467 e. The Morgan fingerprint density at radius 2 is 2.00 bits per heavy atom. The van der Waals surface area contributed by atoms with Gasteiger partial charge in [-0.15, -0.1) is 0 Å². The quantitative estimate of drug-likeness (QED) is 0.777. The number of carbonyl (C=O) groups excluding carboxylic acids is 2. The summed E-state index contributed by atoms with van der Waals surface area (Å²) in [6.45, 7) is 1.58. The van der Waals surface area contributed by atoms with Gasteiger partial charge in [0.1, 0.15) is 11.9 Å². The molecule has 1 aliphatic heterocycles. The van der Waals surface area contributed by atoms with Crippen molar-refractivity contribution in [2.75, 3.05) is 25.0 Å². The Kier molecular flexibility index (Phi) is 5.35. The normalized spacial score (nSPS) is 15.0. The summed E-state index contributed by atoms with van der Waals surface area (Å²) in [7, 11) is 0. The number of hydrogen-bond acceptors (Lipinski definition) is 4. The highest BCUT2D eigenvalue weighted by Crippen LogP contribution is 2.16. The maximum Gasteiger partial charge on any atom is 0.319 e. The molecule has 1 aromatic heterocycles. The van der Waals surface area contributed by atoms with E-state index in [0.29, 0.717) is 17.0 Å². The average molecular weight is 343 g/mol. The number of carbonyl (C=O) groups is 2. The van der Waals surface area contributed by atoms with Gasteiger partial charge in [-0.2, -0.15) is 0 Å². The summed E-state index contributed by atoms with van der Waals surface area (Å²) < 4.78 is 5.07. The fraction of sp³-hybridized carbons (Fsp3) is 0.333. The van der Waals surface area contributed by atoms with Crippen molar-refractivity contribution in [1.82, 2.24) is 10.2 Å². The van der Waals surface area contributed by atoms with E-state index in [0.717, 1.165) is 25.9 Å². The molecule has 2 heterocycles. The number of anilines is 1. The van der Waals surface area contributed by atoms with Crippen LogP contribution in [0.15, 0.2) is 47.1 Å². The first-order valence-electron chi connectivity index (χ1n) is 8.29. The molecule has 7 nitrogen and oxygen atoms in total. The average Bonchev–Trinajstić information content (AvgIpc) is 3.32. The van der Waals surface area contributed by atoms with E-state index < -0.39 is 12.1 Å². The standard InChI is InChI=1S/C18H21N3O4/c22-15(16-7-4-10-25-16)12-19-18(24)20-14-6-3-5-13(11-14)17(23)21-8-1-2-9-21/h3-7,10-11,15,22H,1-2,8-9,12H2,(H2,19,20,24). The van der Waals surface area contributed by atoms with Crippen LogP contribution in [0.2, 0.25) is 0 Å². The molecular formula is C18H21N3O4. The highest BCUT2D eigenvalue weighted by atomic mass is 16.4. The van der Waals surface area contributed by atoms with Gasteiger partial charge in [0.25, 0.3) is 5.91 Å². The van der Waals surface area contributed by atoms with Gasteiger partial charge in [-0.25, -0.2) is 4.79 Å². The first-order chi connectivity index (χ1) is 12.1. The number of aliphatic hydroxyl groups is 1. The number of amides is 3. The minimum Gasteiger partial charge on any atom is -0.467 e. The lowest BCUT2D eigenvalue weighted by Gasteiger charge is -2.16. The predicted octanol–water partition coefficient (Wildman–Crippen LogP) is 2.37. The van der Waals surface area contributed by atoms with Crippen molar-refractivity contribution in [1.29, 1.82) is 0 Å². The highest BCUT2D eigenvalue weighted by Gasteiger charge is 2.19. The molecule has 1 aliphatic rings. The molecule has 7 heteroatoms. The van der Waals surface area contributed by atoms with Crippen LogP contribution >= 0.6 is 0 Å². The third-order valence-corrected chi connectivity index (χ3v) is 4.09. The maximum absolute atomic E-state index is 12.4. The van der Waals surface area contributed by atoms with Crippen LogP contribution in [0.3, 0.4) is 0 Å². The Bertz CT molecular complexity index is 724. The minimum atomic E-state index is -0.913. The van der Waals surface area contributed by atoms with Crippen molar-refractivity contribution in [2.45, 2.75) is 18.9 Å². The smallest absolute Gasteiger partial charge is 0.319 e. The number of nitrogens with zero attached hydrogens (tertiary/aromatic N) is 1. The lowest BCUT2D eigenvalue weighted by atomic mass is 10.2. The molecule has 1 atom stereocenters. The van der Waals surface area contributed by atoms with Gasteiger partial charge >= 0.3 is 6.03 Å². The summed E-state index contributed by atoms with van der Waals surface area (Å²) in [5.41, 5.74) is 1.07. The van der Waals surface area contributed by atoms with E-state index in [9.17, 15) is 14.7 Å². The Balaban J connectivity index is 1.54. The molecule has 0 spiro atoms. The Hall–Kier alpha value is -2.80. The van der Waals surface area contributed by atoms with Crippen LogP contribution < -0.4 is 10.6 Å². The van der Waals surface area contributed by atoms with Gasteiger partial charge in [0.05, 0.1) is 12.8 Å². The number of benzene rings is 1. The van der Waals surface area contributed by atoms with Gasteiger partial charge in [0.2, 0.25) is 0 Å². The fourth-order valence-electron chi connectivity index (χ4n) is 2.78. The van der Waals surface area contributed by atoms with Crippen molar-refractivity contribution in [3.05, 3.63) is 54.0 Å². The molecule has 0 bridgehead atoms. The summed E-state index contributed by atoms with van der Waals surface area (Å²) in [5.74, 6) is 0.369. The van der Waals surface area contributed by atoms with Crippen LogP contribution in [0.5, 0.6) is 0 Å². The van der Waals surface area contributed by atoms with Gasteiger partial charge in [0, 0.05) is 24.3 Å². The highest BCUT2D eigenvalue weighted by molar-refractivity contribution is 5.97. The Labute approximate surface area is 145 Å². The van der Waals surface area contributed by atoms with Crippen LogP contribution in [0.25, 0.3) is 0 Å². The minimum absolute atomic E-state index is 0.0187. The van der Waals surface area contributed by atoms with E-state index in [-0.39, 0.29) is 12.5 Å². The summed E-state index contributed by atoms with van der Waals surface area (Å²) >= 11 is 0. The lowest BCUT2D eigenvalue weighted by Crippen LogP contribution is -2.32. The molecule has 132 valence electrons. The summed E-state index contributed by atoms with van der Waals surface area (Å²) in [6.07, 6.45) is 2.61. The summed E-state index contributed by atoms with van der Waals surface area (Å²) in [6, 6.07) is 9.68. The van der Waals surface area contributed by atoms with E-state index in [2.05, 4.69) is 10.6 Å². The zero-order valence-electron chi connectivity index (χ0n) is 13.8. The van der Waals surface area contributed by atoms with Crippen LogP contribution in [0.1, 0.15) is 35.1 Å². The van der Waals surface area contributed by atoms with E-state index in [1.165, 1.54) is 6.26 Å². The van der Waals surface area contributed by atoms with Gasteiger partial charge in [-0.1, -0.05) is 6.07 Å². The van der Waals surface area contributed by atoms with Crippen molar-refractivity contribution < 1.29 is 19.1 Å². The second-order valence-corrected chi connectivity index (χ2v) is 5.95. The number of aliphatic hydroxyl groups excluding tert-OH is 1. The molecule has 3 rings (SSSR count). The SMILES string of the molecule is O=C(NCC(O)c1ccco1)Nc1cccc(C(=O)N2CCCC2)c1. The van der Waals surface area contributed by atoms with Crippen LogP contribution in [0.4, 0.5) is 10.5 Å². The van der Waals surface area contributed by atoms with Gasteiger partial charge < -0.3 is 25.1 Å². The number of nitrogens with one attached hydrogen (secondary N) is 2. The fourth-order valence-corrected chi connectivity index (χ4v) is 2.78. The molecule has 3 N–H and O–H groups in total. The van der Waals surface area contributed by atoms with E-state index >= 15 is 0 Å². The second kappa shape index (κ2) is 7.85. The molecule has 1 fully saturated rings. The Morgan fingerprint density at radius 1 is 1.20 bits per heavy atom. The molecule has 25 heavy (non-hydrogen) atoms. The summed E-state index contributed by atoms with van der Waals surface area (Å²) in [5, 5.41) is 15.1. The van der Waals surface area contributed by atoms with Crippen LogP contribution in [-0.2, 0) is 0 Å². The van der Waals surface area contributed by atoms with Gasteiger partial charge in [-0.3, -0.25) is 4.79 Å². The molecule has 0 saturated carbocycles. The van der Waals surface area contributed by atoms with Crippen molar-refractivity contribution in [3.8, 4) is 0 Å². The topological polar surface area (TPSA) is 94.8 Å².